The molecule has 0 aliphatic carbocycles. The lowest BCUT2D eigenvalue weighted by atomic mass is 9.94. The lowest BCUT2D eigenvalue weighted by molar-refractivity contribution is 0.154. The summed E-state index contributed by atoms with van der Waals surface area (Å²) < 4.78 is 18.5. The molecule has 2 aromatic carbocycles. The summed E-state index contributed by atoms with van der Waals surface area (Å²) in [5.74, 6) is 1.32. The molecule has 31 heavy (non-hydrogen) atoms. The number of hydrogen-bond donors (Lipinski definition) is 2. The van der Waals surface area contributed by atoms with E-state index in [1.165, 1.54) is 18.2 Å². The Labute approximate surface area is 179 Å². The van der Waals surface area contributed by atoms with Gasteiger partial charge >= 0.3 is 0 Å². The zero-order valence-electron chi connectivity index (χ0n) is 17.9. The van der Waals surface area contributed by atoms with E-state index in [1.54, 1.807) is 6.07 Å². The van der Waals surface area contributed by atoms with Crippen molar-refractivity contribution in [2.45, 2.75) is 45.8 Å². The predicted molar refractivity (Wildman–Crippen MR) is 118 cm³/mol. The van der Waals surface area contributed by atoms with Crippen LogP contribution in [0.3, 0.4) is 0 Å². The molecular formula is C25H24O6. The highest BCUT2D eigenvalue weighted by molar-refractivity contribution is 5.95. The van der Waals surface area contributed by atoms with Crippen molar-refractivity contribution in [3.8, 4) is 34.3 Å². The number of fused-ring (bicyclic) bond motifs is 6. The van der Waals surface area contributed by atoms with Crippen molar-refractivity contribution in [1.29, 1.82) is 0 Å². The molecule has 0 bridgehead atoms. The second-order valence-electron chi connectivity index (χ2n) is 9.07. The average molecular weight is 420 g/mol. The van der Waals surface area contributed by atoms with Gasteiger partial charge in [-0.3, -0.25) is 4.79 Å². The minimum absolute atomic E-state index is 0.0708. The van der Waals surface area contributed by atoms with E-state index in [2.05, 4.69) is 0 Å². The van der Waals surface area contributed by atoms with E-state index in [9.17, 15) is 15.0 Å². The second-order valence-corrected chi connectivity index (χ2v) is 9.07. The molecule has 0 spiro atoms. The smallest absolute Gasteiger partial charge is 0.200 e. The normalized spacial score (nSPS) is 18.5. The maximum atomic E-state index is 13.6. The van der Waals surface area contributed by atoms with Crippen LogP contribution in [-0.2, 0) is 6.42 Å². The Morgan fingerprint density at radius 3 is 2.65 bits per heavy atom. The minimum atomic E-state index is -0.540. The highest BCUT2D eigenvalue weighted by Gasteiger charge is 2.32. The van der Waals surface area contributed by atoms with Crippen molar-refractivity contribution in [2.75, 3.05) is 0 Å². The van der Waals surface area contributed by atoms with E-state index in [4.69, 9.17) is 13.9 Å². The van der Waals surface area contributed by atoms with Gasteiger partial charge < -0.3 is 24.1 Å². The monoisotopic (exact) mass is 420 g/mol. The fraction of sp³-hybridized carbons (Fsp3) is 0.320. The van der Waals surface area contributed by atoms with Gasteiger partial charge in [0.1, 0.15) is 45.8 Å². The Kier molecular flexibility index (Phi) is 4.13. The van der Waals surface area contributed by atoms with Crippen molar-refractivity contribution in [3.05, 3.63) is 51.7 Å². The van der Waals surface area contributed by atoms with Gasteiger partial charge in [0, 0.05) is 24.1 Å². The van der Waals surface area contributed by atoms with Crippen LogP contribution in [0.5, 0.6) is 23.0 Å². The second kappa shape index (κ2) is 6.54. The summed E-state index contributed by atoms with van der Waals surface area (Å²) in [6, 6.07) is 6.24. The lowest BCUT2D eigenvalue weighted by Crippen LogP contribution is -2.28. The lowest BCUT2D eigenvalue weighted by Gasteiger charge is -2.28. The third kappa shape index (κ3) is 3.05. The topological polar surface area (TPSA) is 89.1 Å². The standard InChI is InChI=1S/C25H24O6/c1-12(2)18-10-16-22(28)21-17(27)11-20-15(7-8-25(3,4)31-20)24(21)30-23(16)14-6-5-13(26)9-19(14)29-18/h5-9,11-12,18,26-27H,10H2,1-4H3. The number of rotatable bonds is 1. The maximum Gasteiger partial charge on any atom is 0.200 e. The SMILES string of the molecule is CC(C)C1Cc2c(oc3c4c(cc(O)c3c2=O)OC(C)(C)C=C4)-c2ccc(O)cc2O1. The van der Waals surface area contributed by atoms with E-state index in [0.29, 0.717) is 40.4 Å². The zero-order chi connectivity index (χ0) is 22.1. The molecule has 1 atom stereocenters. The molecule has 0 saturated heterocycles. The molecule has 0 fully saturated rings. The molecule has 3 aromatic rings. The van der Waals surface area contributed by atoms with E-state index in [-0.39, 0.29) is 39.9 Å². The molecule has 3 heterocycles. The van der Waals surface area contributed by atoms with Gasteiger partial charge in [-0.25, -0.2) is 0 Å². The first-order valence-corrected chi connectivity index (χ1v) is 10.4. The molecular weight excluding hydrogens is 396 g/mol. The number of ether oxygens (including phenoxy) is 2. The van der Waals surface area contributed by atoms with E-state index >= 15 is 0 Å². The first-order valence-electron chi connectivity index (χ1n) is 10.4. The number of hydrogen-bond acceptors (Lipinski definition) is 6. The van der Waals surface area contributed by atoms with Crippen LogP contribution in [0, 0.1) is 5.92 Å². The van der Waals surface area contributed by atoms with Gasteiger partial charge in [-0.05, 0) is 44.1 Å². The third-order valence-electron chi connectivity index (χ3n) is 5.90. The van der Waals surface area contributed by atoms with Crippen molar-refractivity contribution in [3.63, 3.8) is 0 Å². The summed E-state index contributed by atoms with van der Waals surface area (Å²) in [6.07, 6.45) is 3.79. The third-order valence-corrected chi connectivity index (χ3v) is 5.90. The highest BCUT2D eigenvalue weighted by Crippen LogP contribution is 2.44. The first kappa shape index (κ1) is 19.5. The summed E-state index contributed by atoms with van der Waals surface area (Å²) in [7, 11) is 0. The van der Waals surface area contributed by atoms with Gasteiger partial charge in [0.2, 0.25) is 0 Å². The average Bonchev–Trinajstić information content (AvgIpc) is 2.84. The molecule has 1 aromatic heterocycles. The van der Waals surface area contributed by atoms with Crippen LogP contribution in [0.4, 0.5) is 0 Å². The van der Waals surface area contributed by atoms with Crippen LogP contribution >= 0.6 is 0 Å². The minimum Gasteiger partial charge on any atom is -0.508 e. The molecule has 0 saturated carbocycles. The van der Waals surface area contributed by atoms with E-state index in [0.717, 1.165) is 0 Å². The van der Waals surface area contributed by atoms with Crippen LogP contribution < -0.4 is 14.9 Å². The summed E-state index contributed by atoms with van der Waals surface area (Å²) in [6.45, 7) is 7.84. The molecule has 160 valence electrons. The Bertz CT molecular complexity index is 1310. The molecule has 6 nitrogen and oxygen atoms in total. The van der Waals surface area contributed by atoms with Crippen LogP contribution in [-0.4, -0.2) is 21.9 Å². The first-order chi connectivity index (χ1) is 14.6. The maximum absolute atomic E-state index is 13.6. The number of phenols is 2. The molecule has 1 unspecified atom stereocenters. The number of phenolic OH excluding ortho intramolecular Hbond substituents is 2. The van der Waals surface area contributed by atoms with Gasteiger partial charge in [0.15, 0.2) is 11.0 Å². The zero-order valence-corrected chi connectivity index (χ0v) is 17.9. The van der Waals surface area contributed by atoms with Gasteiger partial charge in [0.25, 0.3) is 0 Å². The van der Waals surface area contributed by atoms with Crippen LogP contribution in [0.1, 0.15) is 38.8 Å². The van der Waals surface area contributed by atoms with Gasteiger partial charge in [0.05, 0.1) is 11.1 Å². The summed E-state index contributed by atoms with van der Waals surface area (Å²) >= 11 is 0. The fourth-order valence-electron chi connectivity index (χ4n) is 4.20. The summed E-state index contributed by atoms with van der Waals surface area (Å²) in [5.41, 5.74) is 1.09. The van der Waals surface area contributed by atoms with Crippen LogP contribution in [0.25, 0.3) is 28.4 Å². The molecule has 2 aliphatic heterocycles. The largest absolute Gasteiger partial charge is 0.508 e. The molecule has 0 amide bonds. The molecule has 6 heteroatoms. The Morgan fingerprint density at radius 2 is 1.90 bits per heavy atom. The van der Waals surface area contributed by atoms with Crippen LogP contribution in [0.2, 0.25) is 0 Å². The summed E-state index contributed by atoms with van der Waals surface area (Å²) in [5, 5.41) is 20.9. The van der Waals surface area contributed by atoms with Crippen molar-refractivity contribution in [2.24, 2.45) is 5.92 Å². The van der Waals surface area contributed by atoms with Crippen LogP contribution in [0.15, 0.2) is 39.6 Å². The Morgan fingerprint density at radius 1 is 1.13 bits per heavy atom. The molecule has 2 N–H and O–H groups in total. The van der Waals surface area contributed by atoms with E-state index in [1.807, 2.05) is 39.8 Å². The molecule has 5 rings (SSSR count). The van der Waals surface area contributed by atoms with Crippen molar-refractivity contribution < 1.29 is 24.1 Å². The van der Waals surface area contributed by atoms with E-state index < -0.39 is 5.60 Å². The molecule has 2 aliphatic rings. The number of benzene rings is 2. The highest BCUT2D eigenvalue weighted by atomic mass is 16.5. The number of aromatic hydroxyl groups is 2. The Hall–Kier alpha value is -3.41. The van der Waals surface area contributed by atoms with Gasteiger partial charge in [-0.15, -0.1) is 0 Å². The Balaban J connectivity index is 1.87. The fourth-order valence-corrected chi connectivity index (χ4v) is 4.20. The van der Waals surface area contributed by atoms with Gasteiger partial charge in [-0.2, -0.15) is 0 Å². The quantitative estimate of drug-likeness (QED) is 0.575. The van der Waals surface area contributed by atoms with Crippen molar-refractivity contribution >= 4 is 17.0 Å². The summed E-state index contributed by atoms with van der Waals surface area (Å²) in [4.78, 5) is 13.6. The molecule has 0 radical (unpaired) electrons. The predicted octanol–water partition coefficient (Wildman–Crippen LogP) is 5.01. The van der Waals surface area contributed by atoms with Crippen molar-refractivity contribution in [1.82, 2.24) is 0 Å². The van der Waals surface area contributed by atoms with Gasteiger partial charge in [-0.1, -0.05) is 13.8 Å².